The standard InChI is InChI=1S/C34H41FN8O5/c1-33(2,3)47-31(45)28-17-26(39-48-28)30-36-20-24(21-37-30)40-10-7-34(8-11-40)18-23(19-34)42-14-12-41(13-15-42)22-4-5-27(25(35)16-22)43-9-6-29(44)38-32(43)46/h4-5,16-17,20-21,23H,6-15,18-19H2,1-3H3,(H,38,44,46). The normalized spacial score (nSPS) is 20.5. The third-order valence-corrected chi connectivity index (χ3v) is 9.98. The van der Waals surface area contributed by atoms with E-state index < -0.39 is 23.4 Å². The van der Waals surface area contributed by atoms with Crippen molar-refractivity contribution in [2.24, 2.45) is 5.41 Å². The highest BCUT2D eigenvalue weighted by atomic mass is 19.1. The topological polar surface area (TPSA) is 137 Å². The van der Waals surface area contributed by atoms with Crippen molar-refractivity contribution in [1.29, 1.82) is 0 Å². The van der Waals surface area contributed by atoms with Gasteiger partial charge in [-0.1, -0.05) is 5.16 Å². The molecule has 48 heavy (non-hydrogen) atoms. The molecule has 1 saturated carbocycles. The van der Waals surface area contributed by atoms with Crippen molar-refractivity contribution in [2.75, 3.05) is 60.5 Å². The summed E-state index contributed by atoms with van der Waals surface area (Å²) in [5, 5.41) is 6.20. The Labute approximate surface area is 278 Å². The van der Waals surface area contributed by atoms with E-state index in [1.165, 1.54) is 29.9 Å². The molecule has 254 valence electrons. The van der Waals surface area contributed by atoms with Gasteiger partial charge >= 0.3 is 12.0 Å². The van der Waals surface area contributed by atoms with Crippen LogP contribution < -0.4 is 20.0 Å². The second kappa shape index (κ2) is 12.5. The number of ether oxygens (including phenoxy) is 1. The molecular formula is C34H41FN8O5. The number of esters is 1. The number of amides is 3. The van der Waals surface area contributed by atoms with Crippen LogP contribution in [-0.4, -0.2) is 95.4 Å². The van der Waals surface area contributed by atoms with E-state index in [9.17, 15) is 14.4 Å². The van der Waals surface area contributed by atoms with Crippen LogP contribution in [0.5, 0.6) is 0 Å². The highest BCUT2D eigenvalue weighted by Gasteiger charge is 2.48. The van der Waals surface area contributed by atoms with E-state index >= 15 is 4.39 Å². The summed E-state index contributed by atoms with van der Waals surface area (Å²) in [7, 11) is 0. The van der Waals surface area contributed by atoms with Crippen LogP contribution in [-0.2, 0) is 9.53 Å². The largest absolute Gasteiger partial charge is 0.454 e. The Bertz CT molecular complexity index is 1680. The zero-order valence-corrected chi connectivity index (χ0v) is 27.6. The molecule has 0 atom stereocenters. The Morgan fingerprint density at radius 2 is 1.65 bits per heavy atom. The maximum Gasteiger partial charge on any atom is 0.377 e. The number of imide groups is 1. The molecule has 4 fully saturated rings. The first kappa shape index (κ1) is 32.0. The average molecular weight is 661 g/mol. The summed E-state index contributed by atoms with van der Waals surface area (Å²) < 4.78 is 25.6. The van der Waals surface area contributed by atoms with E-state index in [1.54, 1.807) is 39.2 Å². The second-order valence-corrected chi connectivity index (χ2v) is 14.3. The number of aromatic nitrogens is 3. The highest BCUT2D eigenvalue weighted by Crippen LogP contribution is 2.51. The fourth-order valence-electron chi connectivity index (χ4n) is 7.32. The molecule has 14 heteroatoms. The first-order valence-electron chi connectivity index (χ1n) is 16.6. The molecule has 4 aliphatic rings. The summed E-state index contributed by atoms with van der Waals surface area (Å²) >= 11 is 0. The predicted molar refractivity (Wildman–Crippen MR) is 175 cm³/mol. The number of hydrogen-bond donors (Lipinski definition) is 1. The van der Waals surface area contributed by atoms with Gasteiger partial charge in [0.15, 0.2) is 11.5 Å². The number of urea groups is 1. The summed E-state index contributed by atoms with van der Waals surface area (Å²) in [6, 6.07) is 6.49. The van der Waals surface area contributed by atoms with Gasteiger partial charge in [-0.15, -0.1) is 0 Å². The van der Waals surface area contributed by atoms with Crippen molar-refractivity contribution in [3.05, 3.63) is 48.2 Å². The van der Waals surface area contributed by atoms with E-state index in [2.05, 4.69) is 35.1 Å². The van der Waals surface area contributed by atoms with Crippen molar-refractivity contribution < 1.29 is 28.0 Å². The Morgan fingerprint density at radius 3 is 2.29 bits per heavy atom. The van der Waals surface area contributed by atoms with E-state index in [1.807, 2.05) is 6.07 Å². The molecule has 13 nitrogen and oxygen atoms in total. The number of piperazine rings is 1. The number of carbonyl (C=O) groups is 3. The molecule has 3 saturated heterocycles. The van der Waals surface area contributed by atoms with Crippen molar-refractivity contribution >= 4 is 35.0 Å². The lowest BCUT2D eigenvalue weighted by Gasteiger charge is -2.56. The smallest absolute Gasteiger partial charge is 0.377 e. The van der Waals surface area contributed by atoms with Gasteiger partial charge in [0.2, 0.25) is 11.7 Å². The number of piperidine rings is 1. The maximum absolute atomic E-state index is 15.0. The molecule has 5 heterocycles. The summed E-state index contributed by atoms with van der Waals surface area (Å²) in [4.78, 5) is 53.3. The molecule has 1 aromatic carbocycles. The van der Waals surface area contributed by atoms with Gasteiger partial charge in [0, 0.05) is 70.0 Å². The maximum atomic E-state index is 15.0. The summed E-state index contributed by atoms with van der Waals surface area (Å²) in [5.74, 6) is -0.971. The van der Waals surface area contributed by atoms with Gasteiger partial charge in [-0.3, -0.25) is 19.9 Å². The van der Waals surface area contributed by atoms with Gasteiger partial charge < -0.3 is 19.1 Å². The van der Waals surface area contributed by atoms with E-state index in [4.69, 9.17) is 9.26 Å². The number of anilines is 3. The van der Waals surface area contributed by atoms with E-state index in [-0.39, 0.29) is 30.3 Å². The van der Waals surface area contributed by atoms with Gasteiger partial charge in [-0.2, -0.15) is 0 Å². The van der Waals surface area contributed by atoms with Crippen LogP contribution in [0.4, 0.5) is 26.2 Å². The zero-order valence-electron chi connectivity index (χ0n) is 27.6. The first-order chi connectivity index (χ1) is 23.0. The molecule has 7 rings (SSSR count). The SMILES string of the molecule is CC(C)(C)OC(=O)c1cc(-c2ncc(N3CCC4(CC3)CC(N3CCN(c5ccc(N6CCC(=O)NC6=O)c(F)c5)CC3)C4)cn2)no1. The number of rotatable bonds is 6. The Balaban J connectivity index is 0.867. The molecule has 2 aromatic heterocycles. The van der Waals surface area contributed by atoms with Crippen LogP contribution in [0.3, 0.4) is 0 Å². The Morgan fingerprint density at radius 1 is 0.958 bits per heavy atom. The highest BCUT2D eigenvalue weighted by molar-refractivity contribution is 6.05. The number of benzene rings is 1. The molecular weight excluding hydrogens is 619 g/mol. The van der Waals surface area contributed by atoms with Gasteiger partial charge in [-0.05, 0) is 70.1 Å². The minimum atomic E-state index is -0.634. The third-order valence-electron chi connectivity index (χ3n) is 9.98. The molecule has 1 aliphatic carbocycles. The predicted octanol–water partition coefficient (Wildman–Crippen LogP) is 4.24. The average Bonchev–Trinajstić information content (AvgIpc) is 3.55. The van der Waals surface area contributed by atoms with Gasteiger partial charge in [0.1, 0.15) is 11.4 Å². The van der Waals surface area contributed by atoms with Crippen molar-refractivity contribution in [3.63, 3.8) is 0 Å². The minimum Gasteiger partial charge on any atom is -0.454 e. The van der Waals surface area contributed by atoms with Gasteiger partial charge in [0.25, 0.3) is 0 Å². The third kappa shape index (κ3) is 6.58. The first-order valence-corrected chi connectivity index (χ1v) is 16.6. The second-order valence-electron chi connectivity index (χ2n) is 14.3. The lowest BCUT2D eigenvalue weighted by Crippen LogP contribution is -2.59. The monoisotopic (exact) mass is 660 g/mol. The number of halogens is 1. The lowest BCUT2D eigenvalue weighted by molar-refractivity contribution is -0.120. The number of nitrogens with one attached hydrogen (secondary N) is 1. The van der Waals surface area contributed by atoms with Crippen LogP contribution in [0, 0.1) is 11.2 Å². The quantitative estimate of drug-likeness (QED) is 0.380. The molecule has 3 aromatic rings. The van der Waals surface area contributed by atoms with Crippen LogP contribution in [0.2, 0.25) is 0 Å². The number of nitrogens with zero attached hydrogens (tertiary/aromatic N) is 7. The van der Waals surface area contributed by atoms with Gasteiger partial charge in [-0.25, -0.2) is 23.9 Å². The molecule has 1 N–H and O–H groups in total. The molecule has 3 aliphatic heterocycles. The fourth-order valence-corrected chi connectivity index (χ4v) is 7.32. The van der Waals surface area contributed by atoms with E-state index in [0.717, 1.165) is 63.5 Å². The summed E-state index contributed by atoms with van der Waals surface area (Å²) in [6.07, 6.45) is 8.42. The Hall–Kier alpha value is -4.59. The minimum absolute atomic E-state index is 0.0156. The van der Waals surface area contributed by atoms with Crippen LogP contribution in [0.15, 0.2) is 41.2 Å². The summed E-state index contributed by atoms with van der Waals surface area (Å²) in [5.41, 5.74) is 2.10. The van der Waals surface area contributed by atoms with Crippen LogP contribution >= 0.6 is 0 Å². The summed E-state index contributed by atoms with van der Waals surface area (Å²) in [6.45, 7) is 11.0. The van der Waals surface area contributed by atoms with E-state index in [0.29, 0.717) is 23.0 Å². The van der Waals surface area contributed by atoms with Crippen molar-refractivity contribution in [2.45, 2.75) is 64.5 Å². The molecule has 3 amide bonds. The molecule has 0 unspecified atom stereocenters. The Kier molecular flexibility index (Phi) is 8.30. The molecule has 0 bridgehead atoms. The van der Waals surface area contributed by atoms with Gasteiger partial charge in [0.05, 0.1) is 23.8 Å². The van der Waals surface area contributed by atoms with Crippen molar-refractivity contribution in [3.8, 4) is 11.5 Å². The number of carbonyl (C=O) groups excluding carboxylic acids is 3. The number of hydrogen-bond acceptors (Lipinski definition) is 11. The molecule has 1 spiro atoms. The zero-order chi connectivity index (χ0) is 33.6. The fraction of sp³-hybridized carbons (Fsp3) is 0.529. The van der Waals surface area contributed by atoms with Crippen LogP contribution in [0.1, 0.15) is 63.4 Å². The van der Waals surface area contributed by atoms with Crippen LogP contribution in [0.25, 0.3) is 11.5 Å². The van der Waals surface area contributed by atoms with Crippen molar-refractivity contribution in [1.82, 2.24) is 25.3 Å². The lowest BCUT2D eigenvalue weighted by atomic mass is 9.60. The molecule has 0 radical (unpaired) electrons.